The van der Waals surface area contributed by atoms with Crippen molar-refractivity contribution in [2.75, 3.05) is 91.9 Å². The zero-order valence-corrected chi connectivity index (χ0v) is 33.9. The van der Waals surface area contributed by atoms with Gasteiger partial charge in [-0.15, -0.1) is 12.8 Å². The summed E-state index contributed by atoms with van der Waals surface area (Å²) in [6.07, 6.45) is 14.0. The van der Waals surface area contributed by atoms with Crippen molar-refractivity contribution in [3.63, 3.8) is 0 Å². The predicted molar refractivity (Wildman–Crippen MR) is 231 cm³/mol. The summed E-state index contributed by atoms with van der Waals surface area (Å²) in [6, 6.07) is 22.5. The van der Waals surface area contributed by atoms with Crippen LogP contribution in [0.1, 0.15) is 11.1 Å². The standard InChI is InChI=1S/2C22H23N3O4.2H2O/c2*1-4-16-6-5-7-17(12-16)25-22-18-13-20(28-10-8-26-2)21(29-11-9-27-3)14-19(18)23-15-24-22;;/h2*1,5-7,12-15H,8-11H2,2-3H3,(H,23,24,25);2*1H2. The third-order valence-electron chi connectivity index (χ3n) is 8.17. The number of aromatic nitrogens is 4. The molecule has 6 aromatic rings. The Morgan fingerprint density at radius 1 is 0.467 bits per heavy atom. The number of ether oxygens (including phenoxy) is 8. The maximum atomic E-state index is 5.86. The monoisotopic (exact) mass is 822 g/mol. The smallest absolute Gasteiger partial charge is 0.163 e. The summed E-state index contributed by atoms with van der Waals surface area (Å²) in [5, 5.41) is 8.19. The van der Waals surface area contributed by atoms with E-state index >= 15 is 0 Å². The van der Waals surface area contributed by atoms with Crippen LogP contribution in [0.3, 0.4) is 0 Å². The van der Waals surface area contributed by atoms with E-state index in [0.29, 0.717) is 87.5 Å². The Morgan fingerprint density at radius 2 is 0.817 bits per heavy atom. The summed E-state index contributed by atoms with van der Waals surface area (Å²) in [4.78, 5) is 17.5. The highest BCUT2D eigenvalue weighted by Crippen LogP contribution is 2.36. The molecule has 0 radical (unpaired) electrons. The van der Waals surface area contributed by atoms with Gasteiger partial charge in [0.05, 0.1) is 37.5 Å². The molecule has 0 saturated carbocycles. The van der Waals surface area contributed by atoms with Crippen LogP contribution in [0.2, 0.25) is 0 Å². The van der Waals surface area contributed by atoms with Crippen LogP contribution in [0.4, 0.5) is 23.0 Å². The zero-order chi connectivity index (χ0) is 41.0. The van der Waals surface area contributed by atoms with E-state index in [9.17, 15) is 0 Å². The molecule has 2 aromatic heterocycles. The molecule has 16 nitrogen and oxygen atoms in total. The van der Waals surface area contributed by atoms with Crippen molar-refractivity contribution in [1.82, 2.24) is 19.9 Å². The quantitative estimate of drug-likeness (QED) is 0.0753. The number of terminal acetylenes is 2. The third-order valence-corrected chi connectivity index (χ3v) is 8.17. The van der Waals surface area contributed by atoms with Crippen molar-refractivity contribution in [2.24, 2.45) is 0 Å². The molecule has 0 bridgehead atoms. The van der Waals surface area contributed by atoms with E-state index in [2.05, 4.69) is 42.4 Å². The molecule has 2 heterocycles. The highest BCUT2D eigenvalue weighted by molar-refractivity contribution is 5.94. The summed E-state index contributed by atoms with van der Waals surface area (Å²) in [5.74, 6) is 8.89. The Morgan fingerprint density at radius 3 is 1.15 bits per heavy atom. The fraction of sp³-hybridized carbons (Fsp3) is 0.273. The minimum absolute atomic E-state index is 0. The Labute approximate surface area is 349 Å². The van der Waals surface area contributed by atoms with Gasteiger partial charge < -0.3 is 59.5 Å². The first-order valence-electron chi connectivity index (χ1n) is 18.2. The molecule has 6 N–H and O–H groups in total. The summed E-state index contributed by atoms with van der Waals surface area (Å²) < 4.78 is 43.6. The van der Waals surface area contributed by atoms with E-state index in [1.54, 1.807) is 28.4 Å². The largest absolute Gasteiger partial charge is 0.487 e. The van der Waals surface area contributed by atoms with Gasteiger partial charge in [-0.05, 0) is 48.5 Å². The Balaban J connectivity index is 0.000000310. The SMILES string of the molecule is C#Cc1cccc(Nc2ncnc3cc(OCCOC)c(OCCOC)cc23)c1.C#Cc1cccc(Nc2ncnc3cc(OCCOC)c(OCCOC)cc23)c1.O.O. The van der Waals surface area contributed by atoms with Gasteiger partial charge in [0, 0.05) is 73.8 Å². The molecule has 60 heavy (non-hydrogen) atoms. The highest BCUT2D eigenvalue weighted by atomic mass is 16.6. The van der Waals surface area contributed by atoms with Gasteiger partial charge in [0.1, 0.15) is 50.7 Å². The predicted octanol–water partition coefficient (Wildman–Crippen LogP) is 5.16. The maximum absolute atomic E-state index is 5.86. The van der Waals surface area contributed by atoms with Crippen LogP contribution in [-0.2, 0) is 18.9 Å². The molecule has 4 aromatic carbocycles. The molecule has 0 spiro atoms. The van der Waals surface area contributed by atoms with Gasteiger partial charge in [0.15, 0.2) is 23.0 Å². The summed E-state index contributed by atoms with van der Waals surface area (Å²) in [7, 11) is 6.50. The van der Waals surface area contributed by atoms with Crippen LogP contribution >= 0.6 is 0 Å². The first-order chi connectivity index (χ1) is 28.5. The molecular weight excluding hydrogens is 773 g/mol. The second-order valence-corrected chi connectivity index (χ2v) is 12.1. The maximum Gasteiger partial charge on any atom is 0.163 e. The Hall–Kier alpha value is -6.76. The van der Waals surface area contributed by atoms with Gasteiger partial charge in [0.2, 0.25) is 0 Å². The lowest BCUT2D eigenvalue weighted by molar-refractivity contribution is 0.132. The van der Waals surface area contributed by atoms with Gasteiger partial charge >= 0.3 is 0 Å². The highest BCUT2D eigenvalue weighted by Gasteiger charge is 2.15. The van der Waals surface area contributed by atoms with Gasteiger partial charge in [0.25, 0.3) is 0 Å². The van der Waals surface area contributed by atoms with E-state index in [-0.39, 0.29) is 11.0 Å². The number of hydrogen-bond donors (Lipinski definition) is 2. The van der Waals surface area contributed by atoms with E-state index in [0.717, 1.165) is 44.3 Å². The van der Waals surface area contributed by atoms with Crippen LogP contribution in [0.25, 0.3) is 21.8 Å². The zero-order valence-electron chi connectivity index (χ0n) is 33.9. The van der Waals surface area contributed by atoms with E-state index < -0.39 is 0 Å². The van der Waals surface area contributed by atoms with Crippen molar-refractivity contribution in [3.8, 4) is 47.7 Å². The first kappa shape index (κ1) is 47.6. The van der Waals surface area contributed by atoms with Gasteiger partial charge in [-0.25, -0.2) is 19.9 Å². The Bertz CT molecular complexity index is 2170. The van der Waals surface area contributed by atoms with Crippen LogP contribution in [0.5, 0.6) is 23.0 Å². The number of benzene rings is 4. The summed E-state index contributed by atoms with van der Waals surface area (Å²) >= 11 is 0. The molecular formula is C44H50N6O10. The number of methoxy groups -OCH3 is 4. The second-order valence-electron chi connectivity index (χ2n) is 12.1. The van der Waals surface area contributed by atoms with Crippen LogP contribution in [0, 0.1) is 24.7 Å². The van der Waals surface area contributed by atoms with Crippen LogP contribution < -0.4 is 29.6 Å². The molecule has 0 aliphatic carbocycles. The number of nitrogens with one attached hydrogen (secondary N) is 2. The number of rotatable bonds is 20. The molecule has 316 valence electrons. The molecule has 0 aliphatic heterocycles. The molecule has 0 unspecified atom stereocenters. The molecule has 6 rings (SSSR count). The van der Waals surface area contributed by atoms with Gasteiger partial charge in [-0.1, -0.05) is 24.0 Å². The van der Waals surface area contributed by atoms with Crippen molar-refractivity contribution in [3.05, 3.63) is 96.6 Å². The molecule has 0 amide bonds. The normalized spacial score (nSPS) is 10.2. The van der Waals surface area contributed by atoms with E-state index in [1.807, 2.05) is 72.8 Å². The molecule has 0 aliphatic rings. The number of hydrogen-bond acceptors (Lipinski definition) is 14. The summed E-state index contributed by atoms with van der Waals surface area (Å²) in [6.45, 7) is 3.45. The minimum Gasteiger partial charge on any atom is -0.487 e. The number of anilines is 4. The van der Waals surface area contributed by atoms with E-state index in [1.165, 1.54) is 12.7 Å². The molecule has 0 fully saturated rings. The average molecular weight is 823 g/mol. The van der Waals surface area contributed by atoms with Crippen LogP contribution in [-0.4, -0.2) is 112 Å². The second kappa shape index (κ2) is 25.6. The molecule has 0 atom stereocenters. The van der Waals surface area contributed by atoms with Gasteiger partial charge in [-0.3, -0.25) is 0 Å². The molecule has 16 heteroatoms. The number of fused-ring (bicyclic) bond motifs is 2. The lowest BCUT2D eigenvalue weighted by Gasteiger charge is -2.15. The number of nitrogens with zero attached hydrogens (tertiary/aromatic N) is 4. The minimum atomic E-state index is 0. The van der Waals surface area contributed by atoms with Gasteiger partial charge in [-0.2, -0.15) is 0 Å². The van der Waals surface area contributed by atoms with E-state index in [4.69, 9.17) is 50.7 Å². The van der Waals surface area contributed by atoms with Crippen molar-refractivity contribution < 1.29 is 48.8 Å². The first-order valence-corrected chi connectivity index (χ1v) is 18.2. The summed E-state index contributed by atoms with van der Waals surface area (Å²) in [5.41, 5.74) is 4.69. The third kappa shape index (κ3) is 13.7. The van der Waals surface area contributed by atoms with Crippen molar-refractivity contribution >= 4 is 44.8 Å². The fourth-order valence-electron chi connectivity index (χ4n) is 5.37. The van der Waals surface area contributed by atoms with Crippen molar-refractivity contribution in [2.45, 2.75) is 0 Å². The van der Waals surface area contributed by atoms with Crippen molar-refractivity contribution in [1.29, 1.82) is 0 Å². The lowest BCUT2D eigenvalue weighted by atomic mass is 10.2. The Kier molecular flexibility index (Phi) is 20.3. The lowest BCUT2D eigenvalue weighted by Crippen LogP contribution is -2.09. The fourth-order valence-corrected chi connectivity index (χ4v) is 5.37. The average Bonchev–Trinajstić information content (AvgIpc) is 3.25. The molecule has 0 saturated heterocycles. The van der Waals surface area contributed by atoms with Crippen LogP contribution in [0.15, 0.2) is 85.5 Å². The topological polar surface area (TPSA) is 212 Å².